The zero-order chi connectivity index (χ0) is 11.7. The van der Waals surface area contributed by atoms with Crippen molar-refractivity contribution < 1.29 is 0 Å². The van der Waals surface area contributed by atoms with Gasteiger partial charge in [-0.05, 0) is 40.6 Å². The summed E-state index contributed by atoms with van der Waals surface area (Å²) in [5.41, 5.74) is 2.35. The first kappa shape index (κ1) is 10.5. The van der Waals surface area contributed by atoms with Gasteiger partial charge in [0.25, 0.3) is 0 Å². The molecule has 17 heavy (non-hydrogen) atoms. The van der Waals surface area contributed by atoms with Gasteiger partial charge >= 0.3 is 0 Å². The zero-order valence-electron chi connectivity index (χ0n) is 9.10. The van der Waals surface area contributed by atoms with Crippen molar-refractivity contribution in [2.75, 3.05) is 0 Å². The number of nitrogens with zero attached hydrogens (tertiary/aromatic N) is 1. The Morgan fingerprint density at radius 1 is 0.824 bits per heavy atom. The number of halogens is 1. The summed E-state index contributed by atoms with van der Waals surface area (Å²) in [4.78, 5) is 4.15. The molecule has 0 spiro atoms. The molecule has 0 aliphatic rings. The fourth-order valence-corrected chi connectivity index (χ4v) is 2.31. The standard InChI is InChI=1S/C15H10BrN/c16-15-6-5-11-8-12(3-4-13(11)9-15)14-2-1-7-17-10-14/h1-10H. The second-order valence-corrected chi connectivity index (χ2v) is 4.86. The van der Waals surface area contributed by atoms with Crippen LogP contribution in [0.3, 0.4) is 0 Å². The number of rotatable bonds is 1. The van der Waals surface area contributed by atoms with Gasteiger partial charge < -0.3 is 0 Å². The molecular weight excluding hydrogens is 274 g/mol. The third kappa shape index (κ3) is 2.08. The van der Waals surface area contributed by atoms with Gasteiger partial charge in [-0.3, -0.25) is 4.98 Å². The fourth-order valence-electron chi connectivity index (χ4n) is 1.93. The van der Waals surface area contributed by atoms with E-state index < -0.39 is 0 Å². The zero-order valence-corrected chi connectivity index (χ0v) is 10.7. The molecule has 2 aromatic carbocycles. The van der Waals surface area contributed by atoms with E-state index in [-0.39, 0.29) is 0 Å². The van der Waals surface area contributed by atoms with Gasteiger partial charge in [0.1, 0.15) is 0 Å². The number of pyridine rings is 1. The molecule has 0 saturated carbocycles. The highest BCUT2D eigenvalue weighted by Crippen LogP contribution is 2.25. The second-order valence-electron chi connectivity index (χ2n) is 3.95. The number of fused-ring (bicyclic) bond motifs is 1. The van der Waals surface area contributed by atoms with Crippen molar-refractivity contribution in [3.8, 4) is 11.1 Å². The summed E-state index contributed by atoms with van der Waals surface area (Å²) in [6.07, 6.45) is 3.68. The van der Waals surface area contributed by atoms with E-state index in [1.165, 1.54) is 16.3 Å². The van der Waals surface area contributed by atoms with Crippen molar-refractivity contribution in [2.45, 2.75) is 0 Å². The van der Waals surface area contributed by atoms with Gasteiger partial charge in [-0.25, -0.2) is 0 Å². The topological polar surface area (TPSA) is 12.9 Å². The van der Waals surface area contributed by atoms with Crippen LogP contribution in [0, 0.1) is 0 Å². The van der Waals surface area contributed by atoms with Crippen molar-refractivity contribution in [1.82, 2.24) is 4.98 Å². The summed E-state index contributed by atoms with van der Waals surface area (Å²) in [6.45, 7) is 0. The van der Waals surface area contributed by atoms with E-state index in [1.807, 2.05) is 12.3 Å². The molecule has 1 nitrogen and oxygen atoms in total. The predicted octanol–water partition coefficient (Wildman–Crippen LogP) is 4.66. The Bertz CT molecular complexity index is 662. The molecule has 3 rings (SSSR count). The molecule has 0 saturated heterocycles. The lowest BCUT2D eigenvalue weighted by molar-refractivity contribution is 1.33. The maximum Gasteiger partial charge on any atom is 0.0346 e. The van der Waals surface area contributed by atoms with E-state index in [0.29, 0.717) is 0 Å². The highest BCUT2D eigenvalue weighted by molar-refractivity contribution is 9.10. The molecule has 0 bridgehead atoms. The Morgan fingerprint density at radius 2 is 1.65 bits per heavy atom. The van der Waals surface area contributed by atoms with Gasteiger partial charge in [0.2, 0.25) is 0 Å². The van der Waals surface area contributed by atoms with Gasteiger partial charge in [-0.1, -0.05) is 40.2 Å². The Kier molecular flexibility index (Phi) is 2.65. The van der Waals surface area contributed by atoms with E-state index in [0.717, 1.165) is 10.0 Å². The molecule has 3 aromatic rings. The van der Waals surface area contributed by atoms with Crippen LogP contribution in [0.5, 0.6) is 0 Å². The molecule has 0 unspecified atom stereocenters. The molecule has 82 valence electrons. The van der Waals surface area contributed by atoms with Gasteiger partial charge in [0, 0.05) is 22.4 Å². The van der Waals surface area contributed by atoms with Crippen molar-refractivity contribution >= 4 is 26.7 Å². The Hall–Kier alpha value is -1.67. The lowest BCUT2D eigenvalue weighted by Crippen LogP contribution is -1.80. The maximum atomic E-state index is 4.15. The highest BCUT2D eigenvalue weighted by atomic mass is 79.9. The summed E-state index contributed by atoms with van der Waals surface area (Å²) in [6, 6.07) is 16.8. The third-order valence-corrected chi connectivity index (χ3v) is 3.29. The average Bonchev–Trinajstić information content (AvgIpc) is 2.39. The van der Waals surface area contributed by atoms with Crippen LogP contribution in [-0.2, 0) is 0 Å². The Labute approximate surface area is 108 Å². The van der Waals surface area contributed by atoms with E-state index >= 15 is 0 Å². The lowest BCUT2D eigenvalue weighted by atomic mass is 10.0. The molecule has 0 radical (unpaired) electrons. The Balaban J connectivity index is 2.17. The van der Waals surface area contributed by atoms with E-state index in [1.54, 1.807) is 6.20 Å². The minimum absolute atomic E-state index is 1.11. The monoisotopic (exact) mass is 283 g/mol. The molecule has 0 N–H and O–H groups in total. The summed E-state index contributed by atoms with van der Waals surface area (Å²) >= 11 is 3.49. The molecule has 0 aliphatic carbocycles. The summed E-state index contributed by atoms with van der Waals surface area (Å²) < 4.78 is 1.11. The first-order valence-electron chi connectivity index (χ1n) is 5.43. The van der Waals surface area contributed by atoms with E-state index in [2.05, 4.69) is 63.4 Å². The highest BCUT2D eigenvalue weighted by Gasteiger charge is 1.99. The molecule has 0 atom stereocenters. The summed E-state index contributed by atoms with van der Waals surface area (Å²) in [5, 5.41) is 2.49. The van der Waals surface area contributed by atoms with Gasteiger partial charge in [0.15, 0.2) is 0 Å². The van der Waals surface area contributed by atoms with Crippen molar-refractivity contribution in [2.24, 2.45) is 0 Å². The van der Waals surface area contributed by atoms with Crippen LogP contribution in [0.15, 0.2) is 65.4 Å². The molecule has 0 aliphatic heterocycles. The van der Waals surface area contributed by atoms with Crippen LogP contribution in [0.2, 0.25) is 0 Å². The third-order valence-electron chi connectivity index (χ3n) is 2.80. The largest absolute Gasteiger partial charge is 0.264 e. The van der Waals surface area contributed by atoms with E-state index in [4.69, 9.17) is 0 Å². The van der Waals surface area contributed by atoms with Crippen LogP contribution in [0.25, 0.3) is 21.9 Å². The van der Waals surface area contributed by atoms with Crippen molar-refractivity contribution in [3.63, 3.8) is 0 Å². The summed E-state index contributed by atoms with van der Waals surface area (Å²) in [7, 11) is 0. The molecule has 0 amide bonds. The van der Waals surface area contributed by atoms with Crippen molar-refractivity contribution in [1.29, 1.82) is 0 Å². The first-order valence-corrected chi connectivity index (χ1v) is 6.22. The van der Waals surface area contributed by atoms with Gasteiger partial charge in [-0.15, -0.1) is 0 Å². The molecule has 1 heterocycles. The number of hydrogen-bond donors (Lipinski definition) is 0. The van der Waals surface area contributed by atoms with Gasteiger partial charge in [-0.2, -0.15) is 0 Å². The minimum atomic E-state index is 1.11. The second kappa shape index (κ2) is 4.30. The SMILES string of the molecule is Brc1ccc2cc(-c3cccnc3)ccc2c1. The molecule has 1 aromatic heterocycles. The predicted molar refractivity (Wildman–Crippen MR) is 74.9 cm³/mol. The maximum absolute atomic E-state index is 4.15. The summed E-state index contributed by atoms with van der Waals surface area (Å²) in [5.74, 6) is 0. The van der Waals surface area contributed by atoms with E-state index in [9.17, 15) is 0 Å². The van der Waals surface area contributed by atoms with Crippen LogP contribution in [-0.4, -0.2) is 4.98 Å². The fraction of sp³-hybridized carbons (Fsp3) is 0. The first-order chi connectivity index (χ1) is 8.33. The lowest BCUT2D eigenvalue weighted by Gasteiger charge is -2.04. The molecule has 2 heteroatoms. The number of hydrogen-bond acceptors (Lipinski definition) is 1. The van der Waals surface area contributed by atoms with Gasteiger partial charge in [0.05, 0.1) is 0 Å². The molecule has 0 fully saturated rings. The normalized spacial score (nSPS) is 10.6. The van der Waals surface area contributed by atoms with Crippen LogP contribution in [0.1, 0.15) is 0 Å². The van der Waals surface area contributed by atoms with Crippen LogP contribution < -0.4 is 0 Å². The van der Waals surface area contributed by atoms with Crippen LogP contribution >= 0.6 is 15.9 Å². The quantitative estimate of drug-likeness (QED) is 0.633. The number of benzene rings is 2. The molecular formula is C15H10BrN. The Morgan fingerprint density at radius 3 is 2.47 bits per heavy atom. The smallest absolute Gasteiger partial charge is 0.0346 e. The minimum Gasteiger partial charge on any atom is -0.264 e. The van der Waals surface area contributed by atoms with Crippen molar-refractivity contribution in [3.05, 3.63) is 65.4 Å². The van der Waals surface area contributed by atoms with Crippen LogP contribution in [0.4, 0.5) is 0 Å². The number of aromatic nitrogens is 1. The average molecular weight is 284 g/mol.